The molecular weight excluding hydrogens is 114 g/mol. The molecule has 9 heavy (non-hydrogen) atoms. The van der Waals surface area contributed by atoms with Crippen LogP contribution >= 0.6 is 0 Å². The molecule has 1 aliphatic rings. The zero-order valence-electron chi connectivity index (χ0n) is 6.05. The molecule has 0 N–H and O–H groups in total. The standard InChI is InChI=1S/C7H13NO/c1-3-7-5-8(4-2)9-6-7/h5H,3-4,6H2,1-2H3. The zero-order valence-corrected chi connectivity index (χ0v) is 6.05. The van der Waals surface area contributed by atoms with Crippen LogP contribution in [-0.2, 0) is 4.84 Å². The molecule has 1 rings (SSSR count). The third-order valence-electron chi connectivity index (χ3n) is 1.51. The second-order valence-electron chi connectivity index (χ2n) is 2.15. The van der Waals surface area contributed by atoms with Gasteiger partial charge in [0, 0.05) is 12.7 Å². The normalized spacial score (nSPS) is 18.4. The van der Waals surface area contributed by atoms with E-state index in [1.54, 1.807) is 0 Å². The molecule has 0 atom stereocenters. The Hall–Kier alpha value is -0.500. The Kier molecular flexibility index (Phi) is 2.11. The highest BCUT2D eigenvalue weighted by atomic mass is 16.7. The first-order chi connectivity index (χ1) is 4.36. The topological polar surface area (TPSA) is 12.5 Å². The van der Waals surface area contributed by atoms with Crippen LogP contribution in [-0.4, -0.2) is 18.2 Å². The van der Waals surface area contributed by atoms with E-state index < -0.39 is 0 Å². The van der Waals surface area contributed by atoms with E-state index in [1.165, 1.54) is 5.57 Å². The first-order valence-electron chi connectivity index (χ1n) is 3.46. The van der Waals surface area contributed by atoms with Crippen molar-refractivity contribution in [1.82, 2.24) is 5.06 Å². The fourth-order valence-corrected chi connectivity index (χ4v) is 0.820. The molecule has 0 fully saturated rings. The lowest BCUT2D eigenvalue weighted by atomic mass is 10.2. The molecule has 0 saturated carbocycles. The van der Waals surface area contributed by atoms with Crippen molar-refractivity contribution >= 4 is 0 Å². The van der Waals surface area contributed by atoms with Crippen LogP contribution < -0.4 is 0 Å². The van der Waals surface area contributed by atoms with Gasteiger partial charge >= 0.3 is 0 Å². The van der Waals surface area contributed by atoms with Gasteiger partial charge in [0.15, 0.2) is 0 Å². The monoisotopic (exact) mass is 127 g/mol. The summed E-state index contributed by atoms with van der Waals surface area (Å²) in [6, 6.07) is 0. The van der Waals surface area contributed by atoms with Crippen LogP contribution in [0.2, 0.25) is 0 Å². The maximum absolute atomic E-state index is 5.25. The lowest BCUT2D eigenvalue weighted by molar-refractivity contribution is -0.0865. The van der Waals surface area contributed by atoms with Crippen LogP contribution in [0.4, 0.5) is 0 Å². The van der Waals surface area contributed by atoms with E-state index in [2.05, 4.69) is 20.0 Å². The number of hydrogen-bond donors (Lipinski definition) is 0. The quantitative estimate of drug-likeness (QED) is 0.558. The van der Waals surface area contributed by atoms with E-state index in [1.807, 2.05) is 5.06 Å². The highest BCUT2D eigenvalue weighted by Gasteiger charge is 2.08. The van der Waals surface area contributed by atoms with E-state index in [9.17, 15) is 0 Å². The van der Waals surface area contributed by atoms with Crippen molar-refractivity contribution in [1.29, 1.82) is 0 Å². The van der Waals surface area contributed by atoms with Crippen LogP contribution in [0, 0.1) is 0 Å². The smallest absolute Gasteiger partial charge is 0.0976 e. The van der Waals surface area contributed by atoms with Gasteiger partial charge in [-0.25, -0.2) is 0 Å². The van der Waals surface area contributed by atoms with Gasteiger partial charge in [0.05, 0.1) is 6.61 Å². The molecule has 52 valence electrons. The van der Waals surface area contributed by atoms with Gasteiger partial charge in [-0.1, -0.05) is 6.92 Å². The van der Waals surface area contributed by atoms with E-state index >= 15 is 0 Å². The van der Waals surface area contributed by atoms with Crippen molar-refractivity contribution in [3.63, 3.8) is 0 Å². The van der Waals surface area contributed by atoms with E-state index in [-0.39, 0.29) is 0 Å². The summed E-state index contributed by atoms with van der Waals surface area (Å²) in [4.78, 5) is 5.25. The van der Waals surface area contributed by atoms with Crippen LogP contribution in [0.25, 0.3) is 0 Å². The lowest BCUT2D eigenvalue weighted by Gasteiger charge is -2.08. The minimum absolute atomic E-state index is 0.796. The van der Waals surface area contributed by atoms with Gasteiger partial charge in [-0.15, -0.1) is 0 Å². The summed E-state index contributed by atoms with van der Waals surface area (Å²) in [7, 11) is 0. The van der Waals surface area contributed by atoms with Gasteiger partial charge in [0.1, 0.15) is 0 Å². The Morgan fingerprint density at radius 2 is 2.44 bits per heavy atom. The number of hydroxylamine groups is 2. The minimum Gasteiger partial charge on any atom is -0.270 e. The molecule has 0 amide bonds. The predicted octanol–water partition coefficient (Wildman–Crippen LogP) is 1.55. The summed E-state index contributed by atoms with van der Waals surface area (Å²) in [6.07, 6.45) is 3.19. The Balaban J connectivity index is 2.40. The average molecular weight is 127 g/mol. The lowest BCUT2D eigenvalue weighted by Crippen LogP contribution is -2.11. The first kappa shape index (κ1) is 6.62. The average Bonchev–Trinajstić information content (AvgIpc) is 2.34. The molecule has 0 saturated heterocycles. The van der Waals surface area contributed by atoms with Crippen molar-refractivity contribution in [2.24, 2.45) is 0 Å². The summed E-state index contributed by atoms with van der Waals surface area (Å²) >= 11 is 0. The molecule has 0 aromatic carbocycles. The van der Waals surface area contributed by atoms with Gasteiger partial charge in [-0.05, 0) is 18.9 Å². The van der Waals surface area contributed by atoms with Crippen LogP contribution in [0.3, 0.4) is 0 Å². The van der Waals surface area contributed by atoms with Crippen molar-refractivity contribution in [3.05, 3.63) is 11.8 Å². The second kappa shape index (κ2) is 2.87. The van der Waals surface area contributed by atoms with E-state index in [0.717, 1.165) is 19.6 Å². The molecule has 2 heteroatoms. The highest BCUT2D eigenvalue weighted by Crippen LogP contribution is 2.11. The van der Waals surface area contributed by atoms with Crippen LogP contribution in [0.15, 0.2) is 11.8 Å². The molecule has 0 aromatic heterocycles. The maximum atomic E-state index is 5.25. The summed E-state index contributed by atoms with van der Waals surface area (Å²) < 4.78 is 0. The van der Waals surface area contributed by atoms with Gasteiger partial charge in [0.25, 0.3) is 0 Å². The number of hydrogen-bond acceptors (Lipinski definition) is 2. The Labute approximate surface area is 56.1 Å². The molecule has 2 nitrogen and oxygen atoms in total. The molecule has 0 aromatic rings. The van der Waals surface area contributed by atoms with E-state index in [4.69, 9.17) is 4.84 Å². The molecule has 0 bridgehead atoms. The summed E-state index contributed by atoms with van der Waals surface area (Å²) in [5.41, 5.74) is 1.39. The van der Waals surface area contributed by atoms with Crippen LogP contribution in [0.1, 0.15) is 20.3 Å². The van der Waals surface area contributed by atoms with Crippen molar-refractivity contribution in [2.45, 2.75) is 20.3 Å². The fourth-order valence-electron chi connectivity index (χ4n) is 0.820. The van der Waals surface area contributed by atoms with Crippen LogP contribution in [0.5, 0.6) is 0 Å². The van der Waals surface area contributed by atoms with Crippen molar-refractivity contribution in [2.75, 3.05) is 13.2 Å². The molecule has 1 aliphatic heterocycles. The molecule has 1 heterocycles. The van der Waals surface area contributed by atoms with Gasteiger partial charge < -0.3 is 0 Å². The van der Waals surface area contributed by atoms with Gasteiger partial charge in [-0.3, -0.25) is 9.90 Å². The third kappa shape index (κ3) is 1.45. The first-order valence-corrected chi connectivity index (χ1v) is 3.46. The zero-order chi connectivity index (χ0) is 6.69. The van der Waals surface area contributed by atoms with E-state index in [0.29, 0.717) is 0 Å². The maximum Gasteiger partial charge on any atom is 0.0976 e. The second-order valence-corrected chi connectivity index (χ2v) is 2.15. The molecule has 0 radical (unpaired) electrons. The SMILES string of the molecule is CCC1=CN(CC)OC1. The minimum atomic E-state index is 0.796. The van der Waals surface area contributed by atoms with Gasteiger partial charge in [-0.2, -0.15) is 0 Å². The predicted molar refractivity (Wildman–Crippen MR) is 36.7 cm³/mol. The molecule has 0 aliphatic carbocycles. The Morgan fingerprint density at radius 1 is 1.67 bits per heavy atom. The third-order valence-corrected chi connectivity index (χ3v) is 1.51. The Bertz CT molecular complexity index is 120. The Morgan fingerprint density at radius 3 is 2.78 bits per heavy atom. The molecular formula is C7H13NO. The van der Waals surface area contributed by atoms with Crippen molar-refractivity contribution < 1.29 is 4.84 Å². The fraction of sp³-hybridized carbons (Fsp3) is 0.714. The summed E-state index contributed by atoms with van der Waals surface area (Å²) in [5, 5.41) is 1.87. The molecule has 0 spiro atoms. The van der Waals surface area contributed by atoms with Gasteiger partial charge in [0.2, 0.25) is 0 Å². The number of rotatable bonds is 2. The largest absolute Gasteiger partial charge is 0.270 e. The summed E-state index contributed by atoms with van der Waals surface area (Å²) in [6.45, 7) is 5.97. The summed E-state index contributed by atoms with van der Waals surface area (Å²) in [5.74, 6) is 0. The highest BCUT2D eigenvalue weighted by molar-refractivity contribution is 5.02. The number of nitrogens with zero attached hydrogens (tertiary/aromatic N) is 1. The van der Waals surface area contributed by atoms with Crippen molar-refractivity contribution in [3.8, 4) is 0 Å². The molecule has 0 unspecified atom stereocenters.